The average molecular weight is 316 g/mol. The second-order valence-corrected chi connectivity index (χ2v) is 5.84. The van der Waals surface area contributed by atoms with Gasteiger partial charge in [-0.25, -0.2) is 4.79 Å². The van der Waals surface area contributed by atoms with Gasteiger partial charge in [-0.2, -0.15) is 0 Å². The van der Waals surface area contributed by atoms with Crippen LogP contribution in [-0.4, -0.2) is 23.2 Å². The first-order valence-electron chi connectivity index (χ1n) is 5.61. The Kier molecular flexibility index (Phi) is 5.10. The van der Waals surface area contributed by atoms with Crippen LogP contribution in [0, 0.1) is 0 Å². The van der Waals surface area contributed by atoms with Gasteiger partial charge in [-0.3, -0.25) is 4.98 Å². The Bertz CT molecular complexity index is 418. The summed E-state index contributed by atoms with van der Waals surface area (Å²) < 4.78 is 5.97. The predicted molar refractivity (Wildman–Crippen MR) is 73.1 cm³/mol. The minimum Gasteiger partial charge on any atom is -0.444 e. The Labute approximate surface area is 115 Å². The lowest BCUT2D eigenvalue weighted by Gasteiger charge is -2.20. The molecule has 1 rings (SSSR count). The van der Waals surface area contributed by atoms with Gasteiger partial charge in [0.05, 0.1) is 0 Å². The molecule has 1 aromatic heterocycles. The Morgan fingerprint density at radius 3 is 2.78 bits per heavy atom. The maximum absolute atomic E-state index is 11.4. The highest BCUT2D eigenvalue weighted by atomic mass is 79.9. The molecule has 1 heterocycles. The number of nitrogens with two attached hydrogens (primary N) is 1. The molecule has 0 saturated carbocycles. The van der Waals surface area contributed by atoms with Gasteiger partial charge >= 0.3 is 6.09 Å². The summed E-state index contributed by atoms with van der Waals surface area (Å²) >= 11 is 3.32. The minimum absolute atomic E-state index is 0.299. The van der Waals surface area contributed by atoms with Gasteiger partial charge < -0.3 is 15.8 Å². The lowest BCUT2D eigenvalue weighted by Crippen LogP contribution is -2.36. The van der Waals surface area contributed by atoms with Crippen LogP contribution >= 0.6 is 15.9 Å². The van der Waals surface area contributed by atoms with Crippen molar-refractivity contribution < 1.29 is 9.53 Å². The minimum atomic E-state index is -0.508. The molecule has 0 bridgehead atoms. The number of rotatable bonds is 3. The lowest BCUT2D eigenvalue weighted by molar-refractivity contribution is 0.0524. The zero-order chi connectivity index (χ0) is 13.8. The van der Waals surface area contributed by atoms with Crippen LogP contribution in [0.25, 0.3) is 0 Å². The topological polar surface area (TPSA) is 77.2 Å². The third kappa shape index (κ3) is 5.46. The standard InChI is InChI=1S/C12H18BrN3O2/c1-12(2,3)18-11(17)16-7-10(14)8-4-9(13)6-15-5-8/h4-6,10H,7,14H2,1-3H3,(H,16,17). The molecule has 0 aliphatic heterocycles. The van der Waals surface area contributed by atoms with E-state index >= 15 is 0 Å². The molecule has 0 aliphatic rings. The summed E-state index contributed by atoms with van der Waals surface area (Å²) in [6, 6.07) is 1.55. The van der Waals surface area contributed by atoms with Crippen LogP contribution in [0.3, 0.4) is 0 Å². The highest BCUT2D eigenvalue weighted by Gasteiger charge is 2.17. The number of halogens is 1. The van der Waals surface area contributed by atoms with E-state index in [9.17, 15) is 4.79 Å². The number of amides is 1. The molecule has 0 fully saturated rings. The Balaban J connectivity index is 2.46. The summed E-state index contributed by atoms with van der Waals surface area (Å²) in [6.07, 6.45) is 2.88. The number of ether oxygens (including phenoxy) is 1. The van der Waals surface area contributed by atoms with Gasteiger partial charge in [0.2, 0.25) is 0 Å². The van der Waals surface area contributed by atoms with Crippen LogP contribution in [0.2, 0.25) is 0 Å². The van der Waals surface area contributed by atoms with E-state index in [4.69, 9.17) is 10.5 Å². The molecule has 100 valence electrons. The number of hydrogen-bond donors (Lipinski definition) is 2. The second-order valence-electron chi connectivity index (χ2n) is 4.93. The number of aromatic nitrogens is 1. The first kappa shape index (κ1) is 14.9. The molecule has 0 spiro atoms. The molecule has 0 aromatic carbocycles. The summed E-state index contributed by atoms with van der Waals surface area (Å²) in [6.45, 7) is 5.73. The Hall–Kier alpha value is -1.14. The average Bonchev–Trinajstić information content (AvgIpc) is 2.23. The van der Waals surface area contributed by atoms with Crippen molar-refractivity contribution in [3.05, 3.63) is 28.5 Å². The van der Waals surface area contributed by atoms with E-state index in [1.165, 1.54) is 0 Å². The first-order chi connectivity index (χ1) is 8.28. The smallest absolute Gasteiger partial charge is 0.407 e. The normalized spacial score (nSPS) is 12.9. The van der Waals surface area contributed by atoms with E-state index < -0.39 is 11.7 Å². The van der Waals surface area contributed by atoms with E-state index in [0.29, 0.717) is 6.54 Å². The highest BCUT2D eigenvalue weighted by Crippen LogP contribution is 2.14. The van der Waals surface area contributed by atoms with E-state index in [0.717, 1.165) is 10.0 Å². The highest BCUT2D eigenvalue weighted by molar-refractivity contribution is 9.10. The van der Waals surface area contributed by atoms with Crippen molar-refractivity contribution in [3.63, 3.8) is 0 Å². The van der Waals surface area contributed by atoms with Crippen LogP contribution in [0.15, 0.2) is 22.9 Å². The van der Waals surface area contributed by atoms with E-state index in [1.54, 1.807) is 12.4 Å². The molecule has 0 saturated heterocycles. The van der Waals surface area contributed by atoms with Crippen molar-refractivity contribution in [1.29, 1.82) is 0 Å². The quantitative estimate of drug-likeness (QED) is 0.897. The van der Waals surface area contributed by atoms with Crippen LogP contribution in [-0.2, 0) is 4.74 Å². The Morgan fingerprint density at radius 1 is 1.56 bits per heavy atom. The SMILES string of the molecule is CC(C)(C)OC(=O)NCC(N)c1cncc(Br)c1. The summed E-state index contributed by atoms with van der Waals surface area (Å²) in [7, 11) is 0. The fraction of sp³-hybridized carbons (Fsp3) is 0.500. The van der Waals surface area contributed by atoms with Gasteiger partial charge in [-0.15, -0.1) is 0 Å². The van der Waals surface area contributed by atoms with Gasteiger partial charge in [0.1, 0.15) is 5.60 Å². The second kappa shape index (κ2) is 6.15. The number of alkyl carbamates (subject to hydrolysis) is 1. The third-order valence-electron chi connectivity index (χ3n) is 2.02. The zero-order valence-electron chi connectivity index (χ0n) is 10.7. The molecule has 0 radical (unpaired) electrons. The number of hydrogen-bond acceptors (Lipinski definition) is 4. The maximum atomic E-state index is 11.4. The monoisotopic (exact) mass is 315 g/mol. The molecular formula is C12H18BrN3O2. The number of nitrogens with one attached hydrogen (secondary N) is 1. The van der Waals surface area contributed by atoms with Crippen LogP contribution in [0.4, 0.5) is 4.79 Å². The lowest BCUT2D eigenvalue weighted by atomic mass is 10.1. The predicted octanol–water partition coefficient (Wildman–Crippen LogP) is 2.37. The molecule has 6 heteroatoms. The summed E-state index contributed by atoms with van der Waals surface area (Å²) in [5.41, 5.74) is 6.28. The van der Waals surface area contributed by atoms with E-state index in [1.807, 2.05) is 26.8 Å². The van der Waals surface area contributed by atoms with Gasteiger partial charge in [-0.05, 0) is 48.3 Å². The van der Waals surface area contributed by atoms with Crippen molar-refractivity contribution in [2.24, 2.45) is 5.73 Å². The third-order valence-corrected chi connectivity index (χ3v) is 2.45. The molecule has 5 nitrogen and oxygen atoms in total. The van der Waals surface area contributed by atoms with Crippen LogP contribution < -0.4 is 11.1 Å². The fourth-order valence-corrected chi connectivity index (χ4v) is 1.64. The van der Waals surface area contributed by atoms with Gasteiger partial charge in [0, 0.05) is 29.5 Å². The van der Waals surface area contributed by atoms with Crippen molar-refractivity contribution >= 4 is 22.0 Å². The largest absolute Gasteiger partial charge is 0.444 e. The summed E-state index contributed by atoms with van der Waals surface area (Å²) in [4.78, 5) is 15.5. The zero-order valence-corrected chi connectivity index (χ0v) is 12.3. The van der Waals surface area contributed by atoms with E-state index in [2.05, 4.69) is 26.2 Å². The fourth-order valence-electron chi connectivity index (χ4n) is 1.26. The molecule has 1 aromatic rings. The molecule has 1 atom stereocenters. The van der Waals surface area contributed by atoms with Crippen molar-refractivity contribution in [3.8, 4) is 0 Å². The first-order valence-corrected chi connectivity index (χ1v) is 6.40. The van der Waals surface area contributed by atoms with Crippen molar-refractivity contribution in [2.75, 3.05) is 6.54 Å². The molecule has 3 N–H and O–H groups in total. The number of nitrogens with zero attached hydrogens (tertiary/aromatic N) is 1. The number of carbonyl (C=O) groups is 1. The Morgan fingerprint density at radius 2 is 2.22 bits per heavy atom. The van der Waals surface area contributed by atoms with Gasteiger partial charge in [-0.1, -0.05) is 0 Å². The summed E-state index contributed by atoms with van der Waals surface area (Å²) in [5.74, 6) is 0. The number of carbonyl (C=O) groups excluding carboxylic acids is 1. The molecular weight excluding hydrogens is 298 g/mol. The van der Waals surface area contributed by atoms with Gasteiger partial charge in [0.25, 0.3) is 0 Å². The van der Waals surface area contributed by atoms with Crippen molar-refractivity contribution in [1.82, 2.24) is 10.3 Å². The van der Waals surface area contributed by atoms with Crippen molar-refractivity contribution in [2.45, 2.75) is 32.4 Å². The van der Waals surface area contributed by atoms with Crippen LogP contribution in [0.1, 0.15) is 32.4 Å². The van der Waals surface area contributed by atoms with Gasteiger partial charge in [0.15, 0.2) is 0 Å². The van der Waals surface area contributed by atoms with E-state index in [-0.39, 0.29) is 6.04 Å². The van der Waals surface area contributed by atoms with Crippen LogP contribution in [0.5, 0.6) is 0 Å². The molecule has 18 heavy (non-hydrogen) atoms. The number of pyridine rings is 1. The molecule has 1 amide bonds. The summed E-state index contributed by atoms with van der Waals surface area (Å²) in [5, 5.41) is 2.63. The molecule has 1 unspecified atom stereocenters. The maximum Gasteiger partial charge on any atom is 0.407 e. The molecule has 0 aliphatic carbocycles.